The molecule has 0 aromatic heterocycles. The first-order valence-corrected chi connectivity index (χ1v) is 3.83. The predicted molar refractivity (Wildman–Crippen MR) is 41.7 cm³/mol. The van der Waals surface area contributed by atoms with E-state index < -0.39 is 11.7 Å². The molecule has 0 bridgehead atoms. The van der Waals surface area contributed by atoms with E-state index in [1.165, 1.54) is 6.92 Å². The van der Waals surface area contributed by atoms with Crippen molar-refractivity contribution in [2.24, 2.45) is 0 Å². The maximum absolute atomic E-state index is 12.2. The second-order valence-electron chi connectivity index (χ2n) is 2.94. The lowest BCUT2D eigenvalue weighted by Gasteiger charge is -2.16. The van der Waals surface area contributed by atoms with E-state index >= 15 is 0 Å². The zero-order valence-electron chi connectivity index (χ0n) is 7.07. The molecule has 0 saturated carbocycles. The summed E-state index contributed by atoms with van der Waals surface area (Å²) in [5.41, 5.74) is 0.345. The quantitative estimate of drug-likeness (QED) is 0.571. The highest BCUT2D eigenvalue weighted by Gasteiger charge is 2.34. The molecule has 1 rings (SSSR count). The summed E-state index contributed by atoms with van der Waals surface area (Å²) in [4.78, 5) is 0. The van der Waals surface area contributed by atoms with E-state index in [1.807, 2.05) is 6.07 Å². The van der Waals surface area contributed by atoms with Gasteiger partial charge >= 0.3 is 6.18 Å². The van der Waals surface area contributed by atoms with Gasteiger partial charge < -0.3 is 0 Å². The Bertz CT molecular complexity index is 315. The van der Waals surface area contributed by atoms with Gasteiger partial charge in [-0.25, -0.2) is 0 Å². The van der Waals surface area contributed by atoms with Gasteiger partial charge in [-0.15, -0.1) is 0 Å². The molecule has 0 saturated heterocycles. The molecule has 0 aromatic carbocycles. The summed E-state index contributed by atoms with van der Waals surface area (Å²) in [6, 6.07) is 1.89. The molecule has 0 amide bonds. The lowest BCUT2D eigenvalue weighted by Crippen LogP contribution is -2.14. The molecule has 0 atom stereocenters. The van der Waals surface area contributed by atoms with Crippen molar-refractivity contribution in [1.29, 1.82) is 5.26 Å². The average molecular weight is 187 g/mol. The maximum Gasteiger partial charge on any atom is 0.412 e. The van der Waals surface area contributed by atoms with Crippen LogP contribution >= 0.6 is 0 Å². The number of alkyl halides is 3. The SMILES string of the molecule is CC1=C(C#N)CCC(C(F)(F)F)=C1. The predicted octanol–water partition coefficient (Wildman–Crippen LogP) is 3.11. The van der Waals surface area contributed by atoms with Gasteiger partial charge in [0.1, 0.15) is 0 Å². The van der Waals surface area contributed by atoms with E-state index in [2.05, 4.69) is 0 Å². The van der Waals surface area contributed by atoms with Gasteiger partial charge in [0.25, 0.3) is 0 Å². The Kier molecular flexibility index (Phi) is 2.46. The van der Waals surface area contributed by atoms with Gasteiger partial charge in [0.2, 0.25) is 0 Å². The first-order valence-electron chi connectivity index (χ1n) is 3.83. The van der Waals surface area contributed by atoms with Crippen LogP contribution in [0.4, 0.5) is 13.2 Å². The maximum atomic E-state index is 12.2. The standard InChI is InChI=1S/C9H8F3N/c1-6-4-8(9(10,11)12)3-2-7(6)5-13/h4H,2-3H2,1H3. The first kappa shape index (κ1) is 9.85. The monoisotopic (exact) mass is 187 g/mol. The van der Waals surface area contributed by atoms with Crippen molar-refractivity contribution in [3.63, 3.8) is 0 Å². The fourth-order valence-corrected chi connectivity index (χ4v) is 1.25. The molecular weight excluding hydrogens is 179 g/mol. The molecule has 13 heavy (non-hydrogen) atoms. The number of allylic oxidation sites excluding steroid dienone is 4. The van der Waals surface area contributed by atoms with Crippen molar-refractivity contribution >= 4 is 0 Å². The fourth-order valence-electron chi connectivity index (χ4n) is 1.25. The van der Waals surface area contributed by atoms with Crippen molar-refractivity contribution in [1.82, 2.24) is 0 Å². The van der Waals surface area contributed by atoms with Crippen LogP contribution in [0.15, 0.2) is 22.8 Å². The molecule has 1 nitrogen and oxygen atoms in total. The zero-order chi connectivity index (χ0) is 10.1. The third-order valence-electron chi connectivity index (χ3n) is 2.01. The van der Waals surface area contributed by atoms with Crippen LogP contribution in [-0.2, 0) is 0 Å². The lowest BCUT2D eigenvalue weighted by atomic mass is 9.93. The van der Waals surface area contributed by atoms with Crippen molar-refractivity contribution < 1.29 is 13.2 Å². The minimum atomic E-state index is -4.25. The molecule has 0 N–H and O–H groups in total. The second kappa shape index (κ2) is 3.25. The Balaban J connectivity index is 2.99. The smallest absolute Gasteiger partial charge is 0.193 e. The highest BCUT2D eigenvalue weighted by atomic mass is 19.4. The molecule has 0 aromatic rings. The highest BCUT2D eigenvalue weighted by Crippen LogP contribution is 2.34. The van der Waals surface area contributed by atoms with Crippen LogP contribution in [0.5, 0.6) is 0 Å². The Morgan fingerprint density at radius 1 is 1.38 bits per heavy atom. The van der Waals surface area contributed by atoms with Crippen molar-refractivity contribution in [3.8, 4) is 6.07 Å². The van der Waals surface area contributed by atoms with Gasteiger partial charge in [0.05, 0.1) is 6.07 Å². The number of halogens is 3. The van der Waals surface area contributed by atoms with Crippen LogP contribution in [0.2, 0.25) is 0 Å². The normalized spacial score (nSPS) is 18.2. The third kappa shape index (κ3) is 2.11. The van der Waals surface area contributed by atoms with Crippen LogP contribution in [0.25, 0.3) is 0 Å². The lowest BCUT2D eigenvalue weighted by molar-refractivity contribution is -0.0941. The molecular formula is C9H8F3N. The summed E-state index contributed by atoms with van der Waals surface area (Å²) in [7, 11) is 0. The number of nitrogens with zero attached hydrogens (tertiary/aromatic N) is 1. The van der Waals surface area contributed by atoms with Crippen LogP contribution < -0.4 is 0 Å². The van der Waals surface area contributed by atoms with Gasteiger partial charge in [-0.05, 0) is 25.3 Å². The summed E-state index contributed by atoms with van der Waals surface area (Å²) in [5.74, 6) is 0. The summed E-state index contributed by atoms with van der Waals surface area (Å²) < 4.78 is 36.5. The fraction of sp³-hybridized carbons (Fsp3) is 0.444. The van der Waals surface area contributed by atoms with E-state index in [9.17, 15) is 13.2 Å². The molecule has 0 spiro atoms. The number of hydrogen-bond donors (Lipinski definition) is 0. The Hall–Kier alpha value is -1.24. The molecule has 0 fully saturated rings. The largest absolute Gasteiger partial charge is 0.412 e. The first-order chi connectivity index (χ1) is 5.95. The van der Waals surface area contributed by atoms with E-state index in [1.54, 1.807) is 0 Å². The minimum Gasteiger partial charge on any atom is -0.193 e. The second-order valence-corrected chi connectivity index (χ2v) is 2.94. The van der Waals surface area contributed by atoms with E-state index in [4.69, 9.17) is 5.26 Å². The van der Waals surface area contributed by atoms with Crippen molar-refractivity contribution in [2.45, 2.75) is 25.9 Å². The molecule has 70 valence electrons. The number of nitriles is 1. The highest BCUT2D eigenvalue weighted by molar-refractivity contribution is 5.40. The minimum absolute atomic E-state index is 0.0796. The molecule has 0 aliphatic heterocycles. The summed E-state index contributed by atoms with van der Waals surface area (Å²) >= 11 is 0. The molecule has 0 radical (unpaired) electrons. The Morgan fingerprint density at radius 3 is 2.38 bits per heavy atom. The van der Waals surface area contributed by atoms with Gasteiger partial charge in [0, 0.05) is 11.1 Å². The van der Waals surface area contributed by atoms with Crippen molar-refractivity contribution in [2.75, 3.05) is 0 Å². The van der Waals surface area contributed by atoms with E-state index in [-0.39, 0.29) is 12.8 Å². The van der Waals surface area contributed by atoms with Crippen LogP contribution in [0.1, 0.15) is 19.8 Å². The van der Waals surface area contributed by atoms with Crippen molar-refractivity contribution in [3.05, 3.63) is 22.8 Å². The summed E-state index contributed by atoms with van der Waals surface area (Å²) in [5, 5.41) is 8.53. The van der Waals surface area contributed by atoms with E-state index in [0.29, 0.717) is 11.1 Å². The van der Waals surface area contributed by atoms with Crippen LogP contribution in [0, 0.1) is 11.3 Å². The van der Waals surface area contributed by atoms with E-state index in [0.717, 1.165) is 6.08 Å². The van der Waals surface area contributed by atoms with Gasteiger partial charge in [-0.2, -0.15) is 18.4 Å². The third-order valence-corrected chi connectivity index (χ3v) is 2.01. The molecule has 1 aliphatic rings. The van der Waals surface area contributed by atoms with Gasteiger partial charge in [0.15, 0.2) is 0 Å². The number of hydrogen-bond acceptors (Lipinski definition) is 1. The Labute approximate surface area is 74.2 Å². The van der Waals surface area contributed by atoms with Crippen LogP contribution in [0.3, 0.4) is 0 Å². The topological polar surface area (TPSA) is 23.8 Å². The molecule has 0 heterocycles. The summed E-state index contributed by atoms with van der Waals surface area (Å²) in [6.07, 6.45) is -3.07. The molecule has 4 heteroatoms. The molecule has 1 aliphatic carbocycles. The van der Waals surface area contributed by atoms with Gasteiger partial charge in [-0.3, -0.25) is 0 Å². The van der Waals surface area contributed by atoms with Gasteiger partial charge in [-0.1, -0.05) is 6.08 Å². The van der Waals surface area contributed by atoms with Crippen LogP contribution in [-0.4, -0.2) is 6.18 Å². The average Bonchev–Trinajstić information content (AvgIpc) is 2.02. The zero-order valence-corrected chi connectivity index (χ0v) is 7.07. The molecule has 0 unspecified atom stereocenters. The number of rotatable bonds is 0. The summed E-state index contributed by atoms with van der Waals surface area (Å²) in [6.45, 7) is 1.53. The Morgan fingerprint density at radius 2 is 2.00 bits per heavy atom.